The van der Waals surface area contributed by atoms with Crippen molar-refractivity contribution in [2.24, 2.45) is 4.99 Å². The summed E-state index contributed by atoms with van der Waals surface area (Å²) < 4.78 is 0. The first-order valence-corrected chi connectivity index (χ1v) is 7.66. The molecule has 0 atom stereocenters. The zero-order valence-electron chi connectivity index (χ0n) is 12.8. The quantitative estimate of drug-likeness (QED) is 0.920. The zero-order chi connectivity index (χ0) is 15.4. The van der Waals surface area contributed by atoms with Gasteiger partial charge in [0.2, 0.25) is 0 Å². The molecule has 3 rings (SSSR count). The summed E-state index contributed by atoms with van der Waals surface area (Å²) in [5.41, 5.74) is 4.41. The average molecular weight is 292 g/mol. The molecular weight excluding hydrogens is 272 g/mol. The van der Waals surface area contributed by atoms with E-state index in [1.807, 2.05) is 49.4 Å². The van der Waals surface area contributed by atoms with Gasteiger partial charge < -0.3 is 5.32 Å². The predicted molar refractivity (Wildman–Crippen MR) is 89.4 cm³/mol. The number of rotatable bonds is 5. The number of hydrogen-bond donors (Lipinski definition) is 1. The summed E-state index contributed by atoms with van der Waals surface area (Å²) in [6.45, 7) is 3.77. The maximum absolute atomic E-state index is 12.3. The van der Waals surface area contributed by atoms with Gasteiger partial charge in [-0.05, 0) is 29.7 Å². The molecule has 0 amide bonds. The normalized spacial score (nSPS) is 13.6. The van der Waals surface area contributed by atoms with Crippen molar-refractivity contribution in [2.75, 3.05) is 13.1 Å². The Kier molecular flexibility index (Phi) is 4.33. The molecule has 0 fully saturated rings. The molecule has 3 heteroatoms. The SMILES string of the molecule is Cc1ccccc1CC(=O)Cc1cccc(C2=NCCN2)c1. The van der Waals surface area contributed by atoms with Crippen molar-refractivity contribution in [1.82, 2.24) is 5.32 Å². The lowest BCUT2D eigenvalue weighted by Crippen LogP contribution is -2.19. The number of benzene rings is 2. The second kappa shape index (κ2) is 6.56. The van der Waals surface area contributed by atoms with E-state index in [1.54, 1.807) is 0 Å². The van der Waals surface area contributed by atoms with Crippen LogP contribution in [-0.4, -0.2) is 24.7 Å². The molecule has 1 heterocycles. The van der Waals surface area contributed by atoms with E-state index in [0.717, 1.165) is 35.6 Å². The maximum Gasteiger partial charge on any atom is 0.141 e. The number of ketones is 1. The van der Waals surface area contributed by atoms with Crippen LogP contribution >= 0.6 is 0 Å². The maximum atomic E-state index is 12.3. The van der Waals surface area contributed by atoms with Crippen LogP contribution in [-0.2, 0) is 17.6 Å². The third kappa shape index (κ3) is 3.42. The summed E-state index contributed by atoms with van der Waals surface area (Å²) in [4.78, 5) is 16.7. The van der Waals surface area contributed by atoms with Gasteiger partial charge in [-0.2, -0.15) is 0 Å². The molecule has 0 bridgehead atoms. The number of aryl methyl sites for hydroxylation is 1. The van der Waals surface area contributed by atoms with Crippen LogP contribution in [0.25, 0.3) is 0 Å². The summed E-state index contributed by atoms with van der Waals surface area (Å²) in [6.07, 6.45) is 0.964. The molecule has 0 saturated heterocycles. The molecule has 2 aromatic rings. The highest BCUT2D eigenvalue weighted by molar-refractivity contribution is 6.00. The highest BCUT2D eigenvalue weighted by Crippen LogP contribution is 2.12. The minimum absolute atomic E-state index is 0.243. The molecule has 3 nitrogen and oxygen atoms in total. The highest BCUT2D eigenvalue weighted by Gasteiger charge is 2.11. The Morgan fingerprint density at radius 1 is 1.14 bits per heavy atom. The molecule has 1 N–H and O–H groups in total. The lowest BCUT2D eigenvalue weighted by molar-refractivity contribution is -0.117. The molecule has 0 saturated carbocycles. The molecular formula is C19H20N2O. The number of carbonyl (C=O) groups excluding carboxylic acids is 1. The van der Waals surface area contributed by atoms with Gasteiger partial charge >= 0.3 is 0 Å². The number of amidine groups is 1. The molecule has 1 aliphatic heterocycles. The lowest BCUT2D eigenvalue weighted by atomic mass is 9.98. The Balaban J connectivity index is 1.69. The first-order chi connectivity index (χ1) is 10.7. The van der Waals surface area contributed by atoms with E-state index in [4.69, 9.17) is 0 Å². The van der Waals surface area contributed by atoms with E-state index >= 15 is 0 Å². The molecule has 0 unspecified atom stereocenters. The van der Waals surface area contributed by atoms with Crippen LogP contribution in [0.3, 0.4) is 0 Å². The fraction of sp³-hybridized carbons (Fsp3) is 0.263. The monoisotopic (exact) mass is 292 g/mol. The molecule has 22 heavy (non-hydrogen) atoms. The van der Waals surface area contributed by atoms with Gasteiger partial charge in [0.15, 0.2) is 0 Å². The third-order valence-corrected chi connectivity index (χ3v) is 3.92. The summed E-state index contributed by atoms with van der Waals surface area (Å²) in [5, 5.41) is 3.27. The van der Waals surface area contributed by atoms with Gasteiger partial charge in [-0.15, -0.1) is 0 Å². The van der Waals surface area contributed by atoms with Crippen molar-refractivity contribution in [3.63, 3.8) is 0 Å². The summed E-state index contributed by atoms with van der Waals surface area (Å²) >= 11 is 0. The Labute approximate surface area is 131 Å². The fourth-order valence-electron chi connectivity index (χ4n) is 2.73. The molecule has 112 valence electrons. The molecule has 0 radical (unpaired) electrons. The predicted octanol–water partition coefficient (Wildman–Crippen LogP) is 2.70. The minimum atomic E-state index is 0.243. The summed E-state index contributed by atoms with van der Waals surface area (Å²) in [7, 11) is 0. The number of aliphatic imine (C=N–C) groups is 1. The van der Waals surface area contributed by atoms with E-state index in [-0.39, 0.29) is 5.78 Å². The van der Waals surface area contributed by atoms with E-state index in [2.05, 4.69) is 16.4 Å². The average Bonchev–Trinajstić information content (AvgIpc) is 3.04. The van der Waals surface area contributed by atoms with Crippen LogP contribution < -0.4 is 5.32 Å². The van der Waals surface area contributed by atoms with Crippen molar-refractivity contribution >= 4 is 11.6 Å². The van der Waals surface area contributed by atoms with Gasteiger partial charge in [-0.1, -0.05) is 42.5 Å². The number of nitrogens with zero attached hydrogens (tertiary/aromatic N) is 1. The Bertz CT molecular complexity index is 719. The Hall–Kier alpha value is -2.42. The van der Waals surface area contributed by atoms with Crippen molar-refractivity contribution in [3.8, 4) is 0 Å². The van der Waals surface area contributed by atoms with E-state index in [0.29, 0.717) is 12.8 Å². The minimum Gasteiger partial charge on any atom is -0.368 e. The first kappa shape index (κ1) is 14.5. The van der Waals surface area contributed by atoms with Gasteiger partial charge in [-0.25, -0.2) is 0 Å². The number of nitrogens with one attached hydrogen (secondary N) is 1. The Morgan fingerprint density at radius 3 is 2.77 bits per heavy atom. The van der Waals surface area contributed by atoms with Crippen molar-refractivity contribution in [3.05, 3.63) is 70.8 Å². The lowest BCUT2D eigenvalue weighted by Gasteiger charge is -2.07. The van der Waals surface area contributed by atoms with Crippen LogP contribution in [0.4, 0.5) is 0 Å². The molecule has 0 aromatic heterocycles. The van der Waals surface area contributed by atoms with Crippen molar-refractivity contribution < 1.29 is 4.79 Å². The third-order valence-electron chi connectivity index (χ3n) is 3.92. The molecule has 2 aromatic carbocycles. The summed E-state index contributed by atoms with van der Waals surface area (Å²) in [6, 6.07) is 16.2. The number of Topliss-reactive ketones (excluding diaryl/α,β-unsaturated/α-hetero) is 1. The van der Waals surface area contributed by atoms with Crippen LogP contribution in [0, 0.1) is 6.92 Å². The van der Waals surface area contributed by atoms with Gasteiger partial charge in [0.1, 0.15) is 11.6 Å². The van der Waals surface area contributed by atoms with Gasteiger partial charge in [0.05, 0.1) is 6.54 Å². The fourth-order valence-corrected chi connectivity index (χ4v) is 2.73. The number of hydrogen-bond acceptors (Lipinski definition) is 3. The van der Waals surface area contributed by atoms with Gasteiger partial charge in [0.25, 0.3) is 0 Å². The van der Waals surface area contributed by atoms with Crippen molar-refractivity contribution in [2.45, 2.75) is 19.8 Å². The largest absolute Gasteiger partial charge is 0.368 e. The topological polar surface area (TPSA) is 41.5 Å². The Morgan fingerprint density at radius 2 is 2.00 bits per heavy atom. The smallest absolute Gasteiger partial charge is 0.141 e. The second-order valence-electron chi connectivity index (χ2n) is 5.68. The van der Waals surface area contributed by atoms with Crippen LogP contribution in [0.1, 0.15) is 22.3 Å². The zero-order valence-corrected chi connectivity index (χ0v) is 12.8. The van der Waals surface area contributed by atoms with E-state index in [9.17, 15) is 4.79 Å². The van der Waals surface area contributed by atoms with Gasteiger partial charge in [0, 0.05) is 24.9 Å². The van der Waals surface area contributed by atoms with Gasteiger partial charge in [-0.3, -0.25) is 9.79 Å². The van der Waals surface area contributed by atoms with E-state index < -0.39 is 0 Å². The van der Waals surface area contributed by atoms with Crippen LogP contribution in [0.15, 0.2) is 53.5 Å². The van der Waals surface area contributed by atoms with Crippen LogP contribution in [0.2, 0.25) is 0 Å². The number of carbonyl (C=O) groups is 1. The van der Waals surface area contributed by atoms with Crippen molar-refractivity contribution in [1.29, 1.82) is 0 Å². The van der Waals surface area contributed by atoms with Crippen LogP contribution in [0.5, 0.6) is 0 Å². The molecule has 0 spiro atoms. The molecule has 0 aliphatic carbocycles. The second-order valence-corrected chi connectivity index (χ2v) is 5.68. The molecule has 1 aliphatic rings. The standard InChI is InChI=1S/C19H20N2O/c1-14-5-2-3-7-16(14)13-18(22)12-15-6-4-8-17(11-15)19-20-9-10-21-19/h2-8,11H,9-10,12-13H2,1H3,(H,20,21). The first-order valence-electron chi connectivity index (χ1n) is 7.66. The summed E-state index contributed by atoms with van der Waals surface area (Å²) in [5.74, 6) is 1.18. The van der Waals surface area contributed by atoms with E-state index in [1.165, 1.54) is 5.56 Å². The highest BCUT2D eigenvalue weighted by atomic mass is 16.1.